The summed E-state index contributed by atoms with van der Waals surface area (Å²) in [6.07, 6.45) is 5.99. The Morgan fingerprint density at radius 3 is 2.50 bits per heavy atom. The summed E-state index contributed by atoms with van der Waals surface area (Å²) in [5, 5.41) is 12.5. The van der Waals surface area contributed by atoms with Gasteiger partial charge in [0.1, 0.15) is 0 Å². The van der Waals surface area contributed by atoms with E-state index in [-0.39, 0.29) is 5.54 Å². The summed E-state index contributed by atoms with van der Waals surface area (Å²) in [6.45, 7) is 4.69. The normalized spacial score (nSPS) is 23.2. The molecule has 0 aromatic rings. The lowest BCUT2D eigenvalue weighted by molar-refractivity contribution is 0.177. The Morgan fingerprint density at radius 2 is 2.17 bits per heavy atom. The molecule has 1 atom stereocenters. The standard InChI is InChI=1S/C10H21NO/c1-3-10(2,7-8-12)11-9-5-4-6-9/h9,11-12H,3-8H2,1-2H3. The van der Waals surface area contributed by atoms with Crippen LogP contribution < -0.4 is 5.32 Å². The van der Waals surface area contributed by atoms with Gasteiger partial charge in [0.05, 0.1) is 0 Å². The van der Waals surface area contributed by atoms with Gasteiger partial charge in [-0.1, -0.05) is 13.3 Å². The zero-order chi connectivity index (χ0) is 9.03. The third kappa shape index (κ3) is 2.46. The minimum absolute atomic E-state index is 0.167. The molecule has 72 valence electrons. The molecule has 1 aliphatic carbocycles. The molecular formula is C10H21NO. The topological polar surface area (TPSA) is 32.3 Å². The highest BCUT2D eigenvalue weighted by molar-refractivity contribution is 4.88. The van der Waals surface area contributed by atoms with Crippen LogP contribution >= 0.6 is 0 Å². The van der Waals surface area contributed by atoms with Gasteiger partial charge >= 0.3 is 0 Å². The first kappa shape index (κ1) is 10.0. The van der Waals surface area contributed by atoms with Crippen LogP contribution in [0.4, 0.5) is 0 Å². The fourth-order valence-electron chi connectivity index (χ4n) is 1.64. The van der Waals surface area contributed by atoms with E-state index in [2.05, 4.69) is 19.2 Å². The number of rotatable bonds is 5. The van der Waals surface area contributed by atoms with Crippen LogP contribution in [0.5, 0.6) is 0 Å². The molecule has 1 aliphatic rings. The van der Waals surface area contributed by atoms with Crippen molar-refractivity contribution in [3.8, 4) is 0 Å². The number of aliphatic hydroxyl groups is 1. The van der Waals surface area contributed by atoms with Crippen LogP contribution in [-0.2, 0) is 0 Å². The predicted octanol–water partition coefficient (Wildman–Crippen LogP) is 1.68. The Kier molecular flexibility index (Phi) is 3.53. The lowest BCUT2D eigenvalue weighted by atomic mass is 9.87. The lowest BCUT2D eigenvalue weighted by Crippen LogP contribution is -2.50. The molecule has 0 aromatic carbocycles. The van der Waals surface area contributed by atoms with E-state index in [0.717, 1.165) is 18.9 Å². The SMILES string of the molecule is CCC(C)(CCO)NC1CCC1. The van der Waals surface area contributed by atoms with Crippen LogP contribution in [0.1, 0.15) is 46.0 Å². The van der Waals surface area contributed by atoms with Gasteiger partial charge in [-0.25, -0.2) is 0 Å². The van der Waals surface area contributed by atoms with Crippen molar-refractivity contribution in [1.82, 2.24) is 5.32 Å². The van der Waals surface area contributed by atoms with E-state index in [9.17, 15) is 0 Å². The van der Waals surface area contributed by atoms with Crippen LogP contribution in [0, 0.1) is 0 Å². The zero-order valence-electron chi connectivity index (χ0n) is 8.27. The van der Waals surface area contributed by atoms with Gasteiger partial charge in [-0.3, -0.25) is 0 Å². The first-order valence-electron chi connectivity index (χ1n) is 5.09. The highest BCUT2D eigenvalue weighted by atomic mass is 16.3. The second-order valence-electron chi connectivity index (χ2n) is 4.16. The third-order valence-corrected chi connectivity index (χ3v) is 3.10. The highest BCUT2D eigenvalue weighted by Crippen LogP contribution is 2.24. The van der Waals surface area contributed by atoms with Crippen molar-refractivity contribution >= 4 is 0 Å². The Morgan fingerprint density at radius 1 is 1.50 bits per heavy atom. The van der Waals surface area contributed by atoms with Crippen LogP contribution in [0.3, 0.4) is 0 Å². The molecule has 0 saturated heterocycles. The summed E-state index contributed by atoms with van der Waals surface area (Å²) in [6, 6.07) is 0.724. The van der Waals surface area contributed by atoms with E-state index in [1.807, 2.05) is 0 Å². The Hall–Kier alpha value is -0.0800. The van der Waals surface area contributed by atoms with Crippen LogP contribution in [-0.4, -0.2) is 23.3 Å². The van der Waals surface area contributed by atoms with Gasteiger partial charge in [0.25, 0.3) is 0 Å². The number of nitrogens with one attached hydrogen (secondary N) is 1. The lowest BCUT2D eigenvalue weighted by Gasteiger charge is -2.38. The maximum Gasteiger partial charge on any atom is 0.0448 e. The van der Waals surface area contributed by atoms with Gasteiger partial charge in [-0.2, -0.15) is 0 Å². The molecule has 1 unspecified atom stereocenters. The van der Waals surface area contributed by atoms with Gasteiger partial charge in [0.15, 0.2) is 0 Å². The Bertz CT molecular complexity index is 134. The number of aliphatic hydroxyl groups excluding tert-OH is 1. The van der Waals surface area contributed by atoms with Crippen molar-refractivity contribution in [3.63, 3.8) is 0 Å². The van der Waals surface area contributed by atoms with Crippen molar-refractivity contribution in [3.05, 3.63) is 0 Å². The van der Waals surface area contributed by atoms with Crippen molar-refractivity contribution in [1.29, 1.82) is 0 Å². The van der Waals surface area contributed by atoms with Gasteiger partial charge in [-0.15, -0.1) is 0 Å². The van der Waals surface area contributed by atoms with E-state index >= 15 is 0 Å². The van der Waals surface area contributed by atoms with Crippen LogP contribution in [0.25, 0.3) is 0 Å². The minimum Gasteiger partial charge on any atom is -0.396 e. The monoisotopic (exact) mass is 171 g/mol. The molecule has 0 amide bonds. The fraction of sp³-hybridized carbons (Fsp3) is 1.00. The van der Waals surface area contributed by atoms with Gasteiger partial charge < -0.3 is 10.4 Å². The molecule has 2 heteroatoms. The quantitative estimate of drug-likeness (QED) is 0.659. The molecule has 0 heterocycles. The summed E-state index contributed by atoms with van der Waals surface area (Å²) >= 11 is 0. The summed E-state index contributed by atoms with van der Waals surface area (Å²) < 4.78 is 0. The largest absolute Gasteiger partial charge is 0.396 e. The molecule has 1 fully saturated rings. The third-order valence-electron chi connectivity index (χ3n) is 3.10. The molecule has 0 aliphatic heterocycles. The molecule has 0 aromatic heterocycles. The highest BCUT2D eigenvalue weighted by Gasteiger charge is 2.27. The van der Waals surface area contributed by atoms with E-state index in [1.165, 1.54) is 19.3 Å². The molecule has 12 heavy (non-hydrogen) atoms. The second-order valence-corrected chi connectivity index (χ2v) is 4.16. The fourth-order valence-corrected chi connectivity index (χ4v) is 1.64. The molecule has 1 saturated carbocycles. The van der Waals surface area contributed by atoms with Crippen LogP contribution in [0.15, 0.2) is 0 Å². The predicted molar refractivity (Wildman–Crippen MR) is 51.2 cm³/mol. The summed E-state index contributed by atoms with van der Waals surface area (Å²) in [4.78, 5) is 0. The number of hydrogen-bond donors (Lipinski definition) is 2. The summed E-state index contributed by atoms with van der Waals surface area (Å²) in [5.74, 6) is 0. The van der Waals surface area contributed by atoms with Gasteiger partial charge in [0.2, 0.25) is 0 Å². The molecular weight excluding hydrogens is 150 g/mol. The first-order valence-corrected chi connectivity index (χ1v) is 5.09. The maximum atomic E-state index is 8.90. The molecule has 1 rings (SSSR count). The smallest absolute Gasteiger partial charge is 0.0448 e. The van der Waals surface area contributed by atoms with Gasteiger partial charge in [-0.05, 0) is 32.6 Å². The van der Waals surface area contributed by atoms with E-state index in [1.54, 1.807) is 0 Å². The Labute approximate surface area is 75.4 Å². The van der Waals surface area contributed by atoms with Crippen LogP contribution in [0.2, 0.25) is 0 Å². The molecule has 2 N–H and O–H groups in total. The molecule has 2 nitrogen and oxygen atoms in total. The van der Waals surface area contributed by atoms with E-state index in [4.69, 9.17) is 5.11 Å². The molecule has 0 radical (unpaired) electrons. The number of hydrogen-bond acceptors (Lipinski definition) is 2. The van der Waals surface area contributed by atoms with Gasteiger partial charge in [0, 0.05) is 18.2 Å². The Balaban J connectivity index is 2.30. The maximum absolute atomic E-state index is 8.90. The zero-order valence-corrected chi connectivity index (χ0v) is 8.27. The second kappa shape index (κ2) is 4.24. The molecule has 0 spiro atoms. The average molecular weight is 171 g/mol. The van der Waals surface area contributed by atoms with E-state index < -0.39 is 0 Å². The average Bonchev–Trinajstić information content (AvgIpc) is 1.98. The van der Waals surface area contributed by atoms with Crippen molar-refractivity contribution in [2.24, 2.45) is 0 Å². The van der Waals surface area contributed by atoms with Crippen molar-refractivity contribution < 1.29 is 5.11 Å². The minimum atomic E-state index is 0.167. The van der Waals surface area contributed by atoms with Crippen molar-refractivity contribution in [2.75, 3.05) is 6.61 Å². The van der Waals surface area contributed by atoms with E-state index in [0.29, 0.717) is 6.61 Å². The summed E-state index contributed by atoms with van der Waals surface area (Å²) in [5.41, 5.74) is 0.167. The first-order chi connectivity index (χ1) is 5.70. The molecule has 0 bridgehead atoms. The van der Waals surface area contributed by atoms with Crippen molar-refractivity contribution in [2.45, 2.75) is 57.5 Å². The summed E-state index contributed by atoms with van der Waals surface area (Å²) in [7, 11) is 0.